The van der Waals surface area contributed by atoms with E-state index in [1.807, 2.05) is 60.7 Å². The molecule has 0 aliphatic heterocycles. The molecule has 0 spiro atoms. The maximum atomic E-state index is 13.6. The van der Waals surface area contributed by atoms with E-state index in [1.165, 1.54) is 0 Å². The Kier molecular flexibility index (Phi) is 7.65. The average molecular weight is 358 g/mol. The molecule has 0 heterocycles. The van der Waals surface area contributed by atoms with Crippen molar-refractivity contribution in [2.24, 2.45) is 0 Å². The summed E-state index contributed by atoms with van der Waals surface area (Å²) in [5.41, 5.74) is 0. The number of benzene rings is 2. The van der Waals surface area contributed by atoms with Crippen LogP contribution in [0.25, 0.3) is 0 Å². The molecule has 2 aromatic carbocycles. The molecule has 0 saturated carbocycles. The van der Waals surface area contributed by atoms with Crippen LogP contribution in [0, 0.1) is 0 Å². The lowest BCUT2D eigenvalue weighted by molar-refractivity contribution is -0.137. The molecule has 4 nitrogen and oxygen atoms in total. The molecule has 0 N–H and O–H groups in total. The summed E-state index contributed by atoms with van der Waals surface area (Å²) >= 11 is 0. The molecule has 0 radical (unpaired) electrons. The lowest BCUT2D eigenvalue weighted by atomic mass is 10.3. The maximum absolute atomic E-state index is 13.6. The summed E-state index contributed by atoms with van der Waals surface area (Å²) in [7, 11) is -2.82. The normalized spacial score (nSPS) is 11.0. The third-order valence-electron chi connectivity index (χ3n) is 3.71. The van der Waals surface area contributed by atoms with Crippen molar-refractivity contribution in [3.63, 3.8) is 0 Å². The van der Waals surface area contributed by atoms with Crippen LogP contribution in [0.4, 0.5) is 0 Å². The van der Waals surface area contributed by atoms with E-state index in [9.17, 15) is 9.36 Å². The molecule has 2 rings (SSSR count). The van der Waals surface area contributed by atoms with Gasteiger partial charge in [-0.2, -0.15) is 0 Å². The minimum atomic E-state index is -2.82. The molecule has 0 amide bonds. The molecule has 0 aromatic heterocycles. The average Bonchev–Trinajstić information content (AvgIpc) is 2.68. The van der Waals surface area contributed by atoms with Gasteiger partial charge in [-0.3, -0.25) is 0 Å². The maximum Gasteiger partial charge on any atom is 0.330 e. The van der Waals surface area contributed by atoms with Crippen LogP contribution >= 0.6 is 7.14 Å². The SMILES string of the molecule is C=CC(=O)OCCCCOCP(=O)(c1ccccc1)c1ccccc1. The predicted octanol–water partition coefficient (Wildman–Crippen LogP) is 3.48. The Labute approximate surface area is 148 Å². The molecule has 0 saturated heterocycles. The van der Waals surface area contributed by atoms with E-state index >= 15 is 0 Å². The van der Waals surface area contributed by atoms with Crippen molar-refractivity contribution in [2.45, 2.75) is 12.8 Å². The zero-order chi connectivity index (χ0) is 18.0. The fraction of sp³-hybridized carbons (Fsp3) is 0.250. The Morgan fingerprint density at radius 1 is 0.920 bits per heavy atom. The Balaban J connectivity index is 1.92. The summed E-state index contributed by atoms with van der Waals surface area (Å²) < 4.78 is 24.3. The van der Waals surface area contributed by atoms with Gasteiger partial charge in [0.25, 0.3) is 0 Å². The molecule has 0 atom stereocenters. The standard InChI is InChI=1S/C20H23O4P/c1-2-20(21)24-16-10-9-15-23-17-25(22,18-11-5-3-6-12-18)19-13-7-4-8-14-19/h2-8,11-14H,1,9-10,15-17H2. The van der Waals surface area contributed by atoms with Gasteiger partial charge in [0.2, 0.25) is 0 Å². The van der Waals surface area contributed by atoms with Gasteiger partial charge in [0.15, 0.2) is 7.14 Å². The van der Waals surface area contributed by atoms with Crippen LogP contribution in [0.3, 0.4) is 0 Å². The first-order valence-electron chi connectivity index (χ1n) is 8.24. The van der Waals surface area contributed by atoms with Crippen LogP contribution in [0.1, 0.15) is 12.8 Å². The number of ether oxygens (including phenoxy) is 2. The molecule has 0 fully saturated rings. The third-order valence-corrected chi connectivity index (χ3v) is 6.52. The molecule has 0 aliphatic rings. The van der Waals surface area contributed by atoms with E-state index in [0.29, 0.717) is 19.6 Å². The highest BCUT2D eigenvalue weighted by Gasteiger charge is 2.27. The topological polar surface area (TPSA) is 52.6 Å². The molecule has 0 unspecified atom stereocenters. The third kappa shape index (κ3) is 5.70. The molecule has 25 heavy (non-hydrogen) atoms. The second kappa shape index (κ2) is 9.97. The fourth-order valence-corrected chi connectivity index (χ4v) is 4.66. The quantitative estimate of drug-likeness (QED) is 0.282. The predicted molar refractivity (Wildman–Crippen MR) is 101 cm³/mol. The van der Waals surface area contributed by atoms with Crippen LogP contribution in [0.5, 0.6) is 0 Å². The molecule has 5 heteroatoms. The van der Waals surface area contributed by atoms with Gasteiger partial charge in [0.1, 0.15) is 6.35 Å². The van der Waals surface area contributed by atoms with Crippen LogP contribution < -0.4 is 10.6 Å². The van der Waals surface area contributed by atoms with Crippen LogP contribution in [0.2, 0.25) is 0 Å². The minimum Gasteiger partial charge on any atom is -0.463 e. The summed E-state index contributed by atoms with van der Waals surface area (Å²) in [6, 6.07) is 18.9. The molecule has 132 valence electrons. The highest BCUT2D eigenvalue weighted by atomic mass is 31.2. The molecule has 0 aliphatic carbocycles. The van der Waals surface area contributed by atoms with Gasteiger partial charge in [-0.1, -0.05) is 67.2 Å². The lowest BCUT2D eigenvalue weighted by Crippen LogP contribution is -2.20. The van der Waals surface area contributed by atoms with Crippen molar-refractivity contribution in [1.29, 1.82) is 0 Å². The van der Waals surface area contributed by atoms with Gasteiger partial charge in [-0.25, -0.2) is 4.79 Å². The first kappa shape index (κ1) is 19.2. The monoisotopic (exact) mass is 358 g/mol. The van der Waals surface area contributed by atoms with Gasteiger partial charge < -0.3 is 14.0 Å². The summed E-state index contributed by atoms with van der Waals surface area (Å²) in [6.07, 6.45) is 2.73. The van der Waals surface area contributed by atoms with Crippen LogP contribution in [-0.2, 0) is 18.8 Å². The van der Waals surface area contributed by atoms with Crippen molar-refractivity contribution in [3.8, 4) is 0 Å². The Hall–Kier alpha value is -2.16. The molecule has 2 aromatic rings. The summed E-state index contributed by atoms with van der Waals surface area (Å²) in [5, 5.41) is 1.59. The van der Waals surface area contributed by atoms with Crippen molar-refractivity contribution in [2.75, 3.05) is 19.6 Å². The highest BCUT2D eigenvalue weighted by Crippen LogP contribution is 2.43. The number of unbranched alkanes of at least 4 members (excludes halogenated alkanes) is 1. The van der Waals surface area contributed by atoms with Gasteiger partial charge in [-0.05, 0) is 12.8 Å². The first-order chi connectivity index (χ1) is 12.2. The zero-order valence-electron chi connectivity index (χ0n) is 14.2. The Morgan fingerprint density at radius 3 is 1.96 bits per heavy atom. The minimum absolute atomic E-state index is 0.160. The second-order valence-corrected chi connectivity index (χ2v) is 8.30. The number of esters is 1. The summed E-state index contributed by atoms with van der Waals surface area (Å²) in [6.45, 7) is 4.15. The summed E-state index contributed by atoms with van der Waals surface area (Å²) in [5.74, 6) is -0.418. The largest absolute Gasteiger partial charge is 0.463 e. The van der Waals surface area contributed by atoms with E-state index in [1.54, 1.807) is 0 Å². The highest BCUT2D eigenvalue weighted by molar-refractivity contribution is 7.78. The first-order valence-corrected chi connectivity index (χ1v) is 10.1. The fourth-order valence-electron chi connectivity index (χ4n) is 2.37. The van der Waals surface area contributed by atoms with Crippen LogP contribution in [-0.4, -0.2) is 25.5 Å². The van der Waals surface area contributed by atoms with Crippen molar-refractivity contribution >= 4 is 23.7 Å². The van der Waals surface area contributed by atoms with E-state index < -0.39 is 13.1 Å². The smallest absolute Gasteiger partial charge is 0.330 e. The van der Waals surface area contributed by atoms with E-state index in [4.69, 9.17) is 9.47 Å². The summed E-state index contributed by atoms with van der Waals surface area (Å²) in [4.78, 5) is 10.9. The molecule has 0 bridgehead atoms. The van der Waals surface area contributed by atoms with Crippen LogP contribution in [0.15, 0.2) is 73.3 Å². The van der Waals surface area contributed by atoms with Gasteiger partial charge in [-0.15, -0.1) is 0 Å². The van der Waals surface area contributed by atoms with Gasteiger partial charge in [0.05, 0.1) is 6.61 Å². The molecular formula is C20H23O4P. The van der Waals surface area contributed by atoms with Crippen molar-refractivity contribution in [3.05, 3.63) is 73.3 Å². The van der Waals surface area contributed by atoms with E-state index in [-0.39, 0.29) is 6.35 Å². The number of carbonyl (C=O) groups excluding carboxylic acids is 1. The lowest BCUT2D eigenvalue weighted by Gasteiger charge is -2.19. The Bertz CT molecular complexity index is 669. The van der Waals surface area contributed by atoms with Crippen molar-refractivity contribution < 1.29 is 18.8 Å². The number of carbonyl (C=O) groups is 1. The van der Waals surface area contributed by atoms with E-state index in [2.05, 4.69) is 6.58 Å². The number of hydrogen-bond acceptors (Lipinski definition) is 4. The number of rotatable bonds is 10. The van der Waals surface area contributed by atoms with Gasteiger partial charge in [0, 0.05) is 23.3 Å². The Morgan fingerprint density at radius 2 is 1.44 bits per heavy atom. The molecular weight excluding hydrogens is 335 g/mol. The van der Waals surface area contributed by atoms with Crippen molar-refractivity contribution in [1.82, 2.24) is 0 Å². The zero-order valence-corrected chi connectivity index (χ0v) is 15.1. The van der Waals surface area contributed by atoms with Gasteiger partial charge >= 0.3 is 5.97 Å². The van der Waals surface area contributed by atoms with E-state index in [0.717, 1.165) is 23.1 Å². The second-order valence-electron chi connectivity index (χ2n) is 5.53. The number of hydrogen-bond donors (Lipinski definition) is 0.